The third kappa shape index (κ3) is 6.36. The molecule has 0 amide bonds. The Kier molecular flexibility index (Phi) is 7.91. The highest BCUT2D eigenvalue weighted by Gasteiger charge is 2.38. The number of halogens is 6. The number of alkyl halides is 6. The number of anilines is 1. The molecule has 11 heteroatoms. The normalized spacial score (nSPS) is 18.1. The Morgan fingerprint density at radius 3 is 1.95 bits per heavy atom. The lowest BCUT2D eigenvalue weighted by Gasteiger charge is -2.35. The molecule has 5 nitrogen and oxygen atoms in total. The van der Waals surface area contributed by atoms with Gasteiger partial charge < -0.3 is 14.8 Å². The predicted octanol–water partition coefficient (Wildman–Crippen LogP) is 7.05. The summed E-state index contributed by atoms with van der Waals surface area (Å²) in [5.74, 6) is -0.236. The fourth-order valence-corrected chi connectivity index (χ4v) is 4.45. The first-order chi connectivity index (χ1) is 18.4. The van der Waals surface area contributed by atoms with Gasteiger partial charge in [0.1, 0.15) is 5.75 Å². The quantitative estimate of drug-likeness (QED) is 0.255. The number of carbonyl (C=O) groups excluding carboxylic acids is 1. The van der Waals surface area contributed by atoms with Crippen molar-refractivity contribution in [2.45, 2.75) is 30.9 Å². The van der Waals surface area contributed by atoms with Crippen molar-refractivity contribution >= 4 is 11.7 Å². The lowest BCUT2D eigenvalue weighted by molar-refractivity contribution is -0.138. The van der Waals surface area contributed by atoms with Gasteiger partial charge in [-0.1, -0.05) is 24.3 Å². The van der Waals surface area contributed by atoms with E-state index >= 15 is 0 Å². The van der Waals surface area contributed by atoms with E-state index in [0.29, 0.717) is 11.4 Å². The number of rotatable bonds is 6. The first-order valence-electron chi connectivity index (χ1n) is 11.7. The number of benzene rings is 3. The van der Waals surface area contributed by atoms with Crippen LogP contribution in [-0.4, -0.2) is 20.2 Å². The maximum atomic E-state index is 13.5. The molecule has 1 heterocycles. The third-order valence-electron chi connectivity index (χ3n) is 6.34. The van der Waals surface area contributed by atoms with E-state index in [-0.39, 0.29) is 28.8 Å². The first-order valence-corrected chi connectivity index (χ1v) is 11.7. The number of nitrogens with one attached hydrogen (secondary N) is 2. The van der Waals surface area contributed by atoms with Crippen molar-refractivity contribution in [2.24, 2.45) is 0 Å². The molecule has 0 fully saturated rings. The zero-order valence-electron chi connectivity index (χ0n) is 20.8. The van der Waals surface area contributed by atoms with Crippen LogP contribution in [0.25, 0.3) is 0 Å². The lowest BCUT2D eigenvalue weighted by Crippen LogP contribution is -2.37. The molecule has 0 radical (unpaired) electrons. The molecule has 3 aromatic carbocycles. The second-order valence-corrected chi connectivity index (χ2v) is 8.84. The molecule has 0 aliphatic carbocycles. The number of methoxy groups -OCH3 is 2. The molecule has 206 valence electrons. The zero-order valence-corrected chi connectivity index (χ0v) is 20.8. The van der Waals surface area contributed by atoms with Crippen LogP contribution in [-0.2, 0) is 21.9 Å². The van der Waals surface area contributed by atoms with E-state index in [4.69, 9.17) is 9.47 Å². The Balaban J connectivity index is 1.86. The van der Waals surface area contributed by atoms with Crippen molar-refractivity contribution in [1.29, 1.82) is 0 Å². The molecule has 1 aliphatic rings. The van der Waals surface area contributed by atoms with Gasteiger partial charge in [-0.05, 0) is 59.7 Å². The number of esters is 1. The van der Waals surface area contributed by atoms with Crippen molar-refractivity contribution in [3.8, 4) is 5.75 Å². The van der Waals surface area contributed by atoms with Crippen molar-refractivity contribution in [3.05, 3.63) is 106 Å². The van der Waals surface area contributed by atoms with Gasteiger partial charge in [-0.15, -0.1) is 0 Å². The van der Waals surface area contributed by atoms with Crippen LogP contribution in [0.5, 0.6) is 5.75 Å². The van der Waals surface area contributed by atoms with Gasteiger partial charge in [-0.25, -0.2) is 4.79 Å². The molecule has 0 unspecified atom stereocenters. The molecule has 2 N–H and O–H groups in total. The fourth-order valence-electron chi connectivity index (χ4n) is 4.45. The summed E-state index contributed by atoms with van der Waals surface area (Å²) in [4.78, 5) is 13.0. The number of carbonyl (C=O) groups is 1. The van der Waals surface area contributed by atoms with Crippen LogP contribution >= 0.6 is 0 Å². The summed E-state index contributed by atoms with van der Waals surface area (Å²) in [6, 6.07) is 13.8. The molecule has 0 saturated carbocycles. The number of hydrogen-bond acceptors (Lipinski definition) is 5. The van der Waals surface area contributed by atoms with E-state index in [2.05, 4.69) is 10.6 Å². The van der Waals surface area contributed by atoms with Crippen LogP contribution in [0.4, 0.5) is 32.0 Å². The standard InChI is InChI=1S/C28H24F6N2O3/c1-38-21-11-9-20(10-12-21)35-23-15-22(16-5-3-7-18(13-16)27(29,30)31)36-25(24(23)26(37)39-2)17-6-4-8-19(14-17)28(32,33)34/h3-14,22,25,35-36H,15H2,1-2H3/t22-,25+/m0/s1. The van der Waals surface area contributed by atoms with Gasteiger partial charge in [0.15, 0.2) is 0 Å². The Bertz CT molecular complexity index is 1370. The van der Waals surface area contributed by atoms with E-state index in [1.807, 2.05) is 0 Å². The van der Waals surface area contributed by atoms with Gasteiger partial charge in [0, 0.05) is 23.8 Å². The average Bonchev–Trinajstić information content (AvgIpc) is 2.92. The number of hydrogen-bond donors (Lipinski definition) is 2. The van der Waals surface area contributed by atoms with Gasteiger partial charge in [-0.3, -0.25) is 5.32 Å². The van der Waals surface area contributed by atoms with Gasteiger partial charge in [0.05, 0.1) is 37.0 Å². The van der Waals surface area contributed by atoms with Gasteiger partial charge in [0.25, 0.3) is 0 Å². The predicted molar refractivity (Wildman–Crippen MR) is 132 cm³/mol. The first kappa shape index (κ1) is 28.0. The second kappa shape index (κ2) is 11.0. The van der Waals surface area contributed by atoms with E-state index in [1.165, 1.54) is 31.4 Å². The Hall–Kier alpha value is -3.99. The summed E-state index contributed by atoms with van der Waals surface area (Å²) >= 11 is 0. The summed E-state index contributed by atoms with van der Waals surface area (Å²) in [5.41, 5.74) is -0.636. The highest BCUT2D eigenvalue weighted by Crippen LogP contribution is 2.41. The van der Waals surface area contributed by atoms with Crippen LogP contribution < -0.4 is 15.4 Å². The van der Waals surface area contributed by atoms with E-state index in [1.54, 1.807) is 24.3 Å². The highest BCUT2D eigenvalue weighted by atomic mass is 19.4. The monoisotopic (exact) mass is 550 g/mol. The molecule has 0 aromatic heterocycles. The van der Waals surface area contributed by atoms with Crippen molar-refractivity contribution in [3.63, 3.8) is 0 Å². The molecule has 1 aliphatic heterocycles. The van der Waals surface area contributed by atoms with Crippen LogP contribution in [0.3, 0.4) is 0 Å². The fraction of sp³-hybridized carbons (Fsp3) is 0.250. The topological polar surface area (TPSA) is 59.6 Å². The molecule has 0 saturated heterocycles. The van der Waals surface area contributed by atoms with E-state index < -0.39 is 41.5 Å². The summed E-state index contributed by atoms with van der Waals surface area (Å²) in [7, 11) is 2.63. The maximum Gasteiger partial charge on any atom is 0.416 e. The minimum Gasteiger partial charge on any atom is -0.497 e. The van der Waals surface area contributed by atoms with Crippen molar-refractivity contribution in [1.82, 2.24) is 5.32 Å². The highest BCUT2D eigenvalue weighted by molar-refractivity contribution is 5.92. The van der Waals surface area contributed by atoms with Crippen LogP contribution in [0.1, 0.15) is 40.8 Å². The summed E-state index contributed by atoms with van der Waals surface area (Å²) in [6.45, 7) is 0. The van der Waals surface area contributed by atoms with Crippen LogP contribution in [0, 0.1) is 0 Å². The Labute approximate surface area is 220 Å². The van der Waals surface area contributed by atoms with Crippen molar-refractivity contribution < 1.29 is 40.6 Å². The molecule has 3 aromatic rings. The Morgan fingerprint density at radius 1 is 0.846 bits per heavy atom. The molecule has 2 atom stereocenters. The second-order valence-electron chi connectivity index (χ2n) is 8.84. The molecular formula is C28H24F6N2O3. The largest absolute Gasteiger partial charge is 0.497 e. The number of ether oxygens (including phenoxy) is 2. The average molecular weight is 550 g/mol. The summed E-state index contributed by atoms with van der Waals surface area (Å²) in [6.07, 6.45) is -9.22. The maximum absolute atomic E-state index is 13.5. The molecule has 4 rings (SSSR count). The van der Waals surface area contributed by atoms with E-state index in [9.17, 15) is 31.1 Å². The molecular weight excluding hydrogens is 526 g/mol. The minimum absolute atomic E-state index is 0.0101. The molecule has 39 heavy (non-hydrogen) atoms. The van der Waals surface area contributed by atoms with Gasteiger partial charge >= 0.3 is 18.3 Å². The summed E-state index contributed by atoms with van der Waals surface area (Å²) in [5, 5.41) is 6.21. The third-order valence-corrected chi connectivity index (χ3v) is 6.34. The van der Waals surface area contributed by atoms with Crippen LogP contribution in [0.2, 0.25) is 0 Å². The minimum atomic E-state index is -4.65. The Morgan fingerprint density at radius 2 is 1.41 bits per heavy atom. The SMILES string of the molecule is COC(=O)C1=C(Nc2ccc(OC)cc2)C[C@@H](c2cccc(C(F)(F)F)c2)N[C@@H]1c1cccc(C(F)(F)F)c1. The molecule has 0 spiro atoms. The smallest absolute Gasteiger partial charge is 0.416 e. The van der Waals surface area contributed by atoms with E-state index in [0.717, 1.165) is 31.4 Å². The molecule has 0 bridgehead atoms. The van der Waals surface area contributed by atoms with Crippen LogP contribution in [0.15, 0.2) is 84.1 Å². The van der Waals surface area contributed by atoms with Crippen molar-refractivity contribution in [2.75, 3.05) is 19.5 Å². The zero-order chi connectivity index (χ0) is 28.4. The van der Waals surface area contributed by atoms with Gasteiger partial charge in [-0.2, -0.15) is 26.3 Å². The summed E-state index contributed by atoms with van der Waals surface area (Å²) < 4.78 is 91.1. The lowest BCUT2D eigenvalue weighted by atomic mass is 9.86. The van der Waals surface area contributed by atoms with Gasteiger partial charge in [0.2, 0.25) is 0 Å².